The molecule has 0 radical (unpaired) electrons. The number of nitrogens with one attached hydrogen (secondary N) is 1. The fourth-order valence-corrected chi connectivity index (χ4v) is 3.82. The number of benzene rings is 1. The number of carbonyl (C=O) groups is 1. The van der Waals surface area contributed by atoms with E-state index in [4.69, 9.17) is 4.98 Å². The average Bonchev–Trinajstić information content (AvgIpc) is 3.36. The van der Waals surface area contributed by atoms with Crippen molar-refractivity contribution in [3.8, 4) is 5.69 Å². The summed E-state index contributed by atoms with van der Waals surface area (Å²) in [5, 5.41) is 3.83. The lowest BCUT2D eigenvalue weighted by Crippen LogP contribution is -2.25. The van der Waals surface area contributed by atoms with Gasteiger partial charge < -0.3 is 10.2 Å². The van der Waals surface area contributed by atoms with Crippen molar-refractivity contribution in [1.29, 1.82) is 0 Å². The second-order valence-electron chi connectivity index (χ2n) is 7.84. The van der Waals surface area contributed by atoms with Crippen LogP contribution in [0.2, 0.25) is 0 Å². The third-order valence-electron chi connectivity index (χ3n) is 5.62. The maximum absolute atomic E-state index is 12.8. The van der Waals surface area contributed by atoms with Crippen LogP contribution < -0.4 is 15.8 Å². The molecule has 7 heteroatoms. The lowest BCUT2D eigenvalue weighted by atomic mass is 10.1. The van der Waals surface area contributed by atoms with Gasteiger partial charge in [-0.1, -0.05) is 0 Å². The van der Waals surface area contributed by atoms with Crippen molar-refractivity contribution in [2.45, 2.75) is 38.6 Å². The normalized spacial score (nSPS) is 16.4. The van der Waals surface area contributed by atoms with Crippen LogP contribution in [0.3, 0.4) is 0 Å². The van der Waals surface area contributed by atoms with Gasteiger partial charge in [-0.05, 0) is 62.9 Å². The summed E-state index contributed by atoms with van der Waals surface area (Å²) in [6.45, 7) is 3.82. The molecule has 0 atom stereocenters. The topological polar surface area (TPSA) is 80.1 Å². The first-order chi connectivity index (χ1) is 14.1. The van der Waals surface area contributed by atoms with Gasteiger partial charge in [0.15, 0.2) is 5.65 Å². The van der Waals surface area contributed by atoms with E-state index in [1.165, 1.54) is 0 Å². The highest BCUT2D eigenvalue weighted by Gasteiger charge is 2.24. The second-order valence-corrected chi connectivity index (χ2v) is 7.84. The largest absolute Gasteiger partial charge is 0.349 e. The Hall–Kier alpha value is -3.22. The van der Waals surface area contributed by atoms with Crippen LogP contribution in [0.25, 0.3) is 16.7 Å². The summed E-state index contributed by atoms with van der Waals surface area (Å²) in [6.07, 6.45) is 4.36. The lowest BCUT2D eigenvalue weighted by molar-refractivity contribution is 0.0951. The predicted octanol–water partition coefficient (Wildman–Crippen LogP) is 2.58. The molecule has 0 unspecified atom stereocenters. The van der Waals surface area contributed by atoms with Gasteiger partial charge in [0.1, 0.15) is 0 Å². The van der Waals surface area contributed by atoms with Crippen LogP contribution in [0.15, 0.2) is 41.2 Å². The van der Waals surface area contributed by atoms with E-state index in [9.17, 15) is 9.59 Å². The minimum absolute atomic E-state index is 0.0706. The van der Waals surface area contributed by atoms with Crippen molar-refractivity contribution >= 4 is 22.9 Å². The summed E-state index contributed by atoms with van der Waals surface area (Å²) in [4.78, 5) is 36.6. The molecule has 2 aromatic heterocycles. The van der Waals surface area contributed by atoms with Gasteiger partial charge in [0, 0.05) is 36.1 Å². The third-order valence-corrected chi connectivity index (χ3v) is 5.62. The summed E-state index contributed by atoms with van der Waals surface area (Å²) in [5.74, 6) is 0.603. The van der Waals surface area contributed by atoms with Crippen molar-refractivity contribution in [1.82, 2.24) is 19.9 Å². The van der Waals surface area contributed by atoms with Crippen molar-refractivity contribution in [2.24, 2.45) is 0 Å². The van der Waals surface area contributed by atoms with Gasteiger partial charge in [-0.2, -0.15) is 4.98 Å². The molecule has 1 aliphatic carbocycles. The van der Waals surface area contributed by atoms with Crippen molar-refractivity contribution < 1.29 is 4.79 Å². The molecule has 3 heterocycles. The third kappa shape index (κ3) is 3.37. The summed E-state index contributed by atoms with van der Waals surface area (Å²) in [7, 11) is 0. The maximum atomic E-state index is 12.8. The number of hydrogen-bond donors (Lipinski definition) is 1. The molecule has 0 spiro atoms. The van der Waals surface area contributed by atoms with Crippen LogP contribution in [0.4, 0.5) is 5.95 Å². The molecule has 148 valence electrons. The van der Waals surface area contributed by atoms with Crippen molar-refractivity contribution in [3.63, 3.8) is 0 Å². The number of nitrogens with zero attached hydrogens (tertiary/aromatic N) is 4. The smallest absolute Gasteiger partial charge is 0.256 e. The van der Waals surface area contributed by atoms with Gasteiger partial charge in [0.05, 0.1) is 11.4 Å². The number of fused-ring (bicyclic) bond motifs is 1. The molecule has 3 aromatic rings. The first-order valence-corrected chi connectivity index (χ1v) is 10.2. The number of rotatable bonds is 4. The molecule has 1 aliphatic heterocycles. The summed E-state index contributed by atoms with van der Waals surface area (Å²) < 4.78 is 1.60. The van der Waals surface area contributed by atoms with Gasteiger partial charge in [0.2, 0.25) is 5.95 Å². The number of pyridine rings is 1. The van der Waals surface area contributed by atoms with E-state index in [1.807, 2.05) is 6.92 Å². The zero-order chi connectivity index (χ0) is 20.0. The van der Waals surface area contributed by atoms with E-state index in [-0.39, 0.29) is 11.5 Å². The number of amides is 1. The molecule has 5 rings (SSSR count). The molecule has 1 saturated heterocycles. The SMILES string of the molecule is Cc1nc(N2CCCC2)nc2c1ccc(=O)n2-c1ccc(C(=O)NC2CC2)cc1. The molecule has 1 aromatic carbocycles. The molecule has 1 saturated carbocycles. The summed E-state index contributed by atoms with van der Waals surface area (Å²) in [6, 6.07) is 10.8. The molecule has 1 amide bonds. The monoisotopic (exact) mass is 389 g/mol. The fourth-order valence-electron chi connectivity index (χ4n) is 3.82. The van der Waals surface area contributed by atoms with Crippen molar-refractivity contribution in [3.05, 3.63) is 58.0 Å². The van der Waals surface area contributed by atoms with E-state index in [0.29, 0.717) is 28.9 Å². The molecule has 2 aliphatic rings. The Morgan fingerprint density at radius 3 is 2.45 bits per heavy atom. The van der Waals surface area contributed by atoms with E-state index < -0.39 is 0 Å². The van der Waals surface area contributed by atoms with Crippen LogP contribution in [0, 0.1) is 6.92 Å². The van der Waals surface area contributed by atoms with Crippen LogP contribution >= 0.6 is 0 Å². The zero-order valence-electron chi connectivity index (χ0n) is 16.4. The van der Waals surface area contributed by atoms with E-state index in [1.54, 1.807) is 41.0 Å². The van der Waals surface area contributed by atoms with E-state index in [2.05, 4.69) is 15.2 Å². The number of carbonyl (C=O) groups excluding carboxylic acids is 1. The maximum Gasteiger partial charge on any atom is 0.256 e. The van der Waals surface area contributed by atoms with Crippen LogP contribution in [0.5, 0.6) is 0 Å². The van der Waals surface area contributed by atoms with Gasteiger partial charge in [-0.3, -0.25) is 14.2 Å². The number of hydrogen-bond acceptors (Lipinski definition) is 5. The minimum atomic E-state index is -0.154. The minimum Gasteiger partial charge on any atom is -0.349 e. The molecular weight excluding hydrogens is 366 g/mol. The molecule has 7 nitrogen and oxygen atoms in total. The molecule has 1 N–H and O–H groups in total. The van der Waals surface area contributed by atoms with E-state index >= 15 is 0 Å². The Kier molecular flexibility index (Phi) is 4.30. The van der Waals surface area contributed by atoms with Crippen LogP contribution in [-0.2, 0) is 0 Å². The molecular formula is C22H23N5O2. The molecule has 2 fully saturated rings. The highest BCUT2D eigenvalue weighted by atomic mass is 16.1. The average molecular weight is 389 g/mol. The molecule has 29 heavy (non-hydrogen) atoms. The number of anilines is 1. The summed E-state index contributed by atoms with van der Waals surface area (Å²) in [5.41, 5.74) is 2.58. The zero-order valence-corrected chi connectivity index (χ0v) is 16.4. The number of aromatic nitrogens is 3. The fraction of sp³-hybridized carbons (Fsp3) is 0.364. The predicted molar refractivity (Wildman–Crippen MR) is 112 cm³/mol. The first kappa shape index (κ1) is 17.8. The Bertz CT molecular complexity index is 1140. The Morgan fingerprint density at radius 2 is 1.76 bits per heavy atom. The Balaban J connectivity index is 1.58. The van der Waals surface area contributed by atoms with Gasteiger partial charge >= 0.3 is 0 Å². The van der Waals surface area contributed by atoms with Crippen molar-refractivity contribution in [2.75, 3.05) is 18.0 Å². The lowest BCUT2D eigenvalue weighted by Gasteiger charge is -2.18. The highest BCUT2D eigenvalue weighted by Crippen LogP contribution is 2.23. The summed E-state index contributed by atoms with van der Waals surface area (Å²) >= 11 is 0. The number of aryl methyl sites for hydroxylation is 1. The standard InChI is InChI=1S/C22H23N5O2/c1-14-18-10-11-19(28)27(20(18)25-22(23-14)26-12-2-3-13-26)17-8-4-15(5-9-17)21(29)24-16-6-7-16/h4-5,8-11,16H,2-3,6-7,12-13H2,1H3,(H,24,29). The highest BCUT2D eigenvalue weighted by molar-refractivity contribution is 5.94. The Morgan fingerprint density at radius 1 is 1.03 bits per heavy atom. The molecule has 0 bridgehead atoms. The van der Waals surface area contributed by atoms with Crippen LogP contribution in [-0.4, -0.2) is 39.6 Å². The van der Waals surface area contributed by atoms with Crippen LogP contribution in [0.1, 0.15) is 41.7 Å². The van der Waals surface area contributed by atoms with Gasteiger partial charge in [0.25, 0.3) is 11.5 Å². The van der Waals surface area contributed by atoms with E-state index in [0.717, 1.165) is 49.9 Å². The van der Waals surface area contributed by atoms with Gasteiger partial charge in [-0.25, -0.2) is 4.98 Å². The Labute approximate surface area is 168 Å². The first-order valence-electron chi connectivity index (χ1n) is 10.2. The van der Waals surface area contributed by atoms with Gasteiger partial charge in [-0.15, -0.1) is 0 Å². The quantitative estimate of drug-likeness (QED) is 0.742. The second kappa shape index (κ2) is 6.99.